The third kappa shape index (κ3) is 3.02. The van der Waals surface area contributed by atoms with Crippen LogP contribution < -0.4 is 10.6 Å². The Hall–Kier alpha value is -2.10. The number of benzene rings is 1. The fourth-order valence-corrected chi connectivity index (χ4v) is 1.95. The number of hydrogen-bond acceptors (Lipinski definition) is 3. The molecule has 0 aliphatic rings. The van der Waals surface area contributed by atoms with Gasteiger partial charge in [0.15, 0.2) is 11.6 Å². The van der Waals surface area contributed by atoms with Crippen LogP contribution in [-0.4, -0.2) is 11.0 Å². The topological polar surface area (TPSA) is 42.1 Å². The van der Waals surface area contributed by atoms with Crippen LogP contribution in [0.25, 0.3) is 0 Å². The number of hydrogen-bond donors (Lipinski definition) is 1. The smallest absolute Gasteiger partial charge is 0.165 e. The monoisotopic (exact) mass is 259 g/mol. The first kappa shape index (κ1) is 13.3. The molecular formula is C15H18FN3. The number of pyridine rings is 1. The first-order valence-corrected chi connectivity index (χ1v) is 6.30. The number of rotatable bonds is 4. The van der Waals surface area contributed by atoms with Crippen molar-refractivity contribution in [3.05, 3.63) is 54.0 Å². The standard InChI is InChI=1S/C15H18FN3/c1-11(2)19(15-13(16)7-5-9-18-15)10-12-6-3-4-8-14(12)17/h3-9,11H,10,17H2,1-2H3. The minimum Gasteiger partial charge on any atom is -0.398 e. The summed E-state index contributed by atoms with van der Waals surface area (Å²) in [4.78, 5) is 6.04. The van der Waals surface area contributed by atoms with Crippen molar-refractivity contribution in [1.29, 1.82) is 0 Å². The predicted molar refractivity (Wildman–Crippen MR) is 76.4 cm³/mol. The minimum absolute atomic E-state index is 0.129. The Labute approximate surface area is 112 Å². The van der Waals surface area contributed by atoms with Crippen LogP contribution in [0.4, 0.5) is 15.9 Å². The Morgan fingerprint density at radius 3 is 2.58 bits per heavy atom. The first-order chi connectivity index (χ1) is 9.09. The van der Waals surface area contributed by atoms with Gasteiger partial charge in [-0.3, -0.25) is 0 Å². The van der Waals surface area contributed by atoms with E-state index in [1.54, 1.807) is 12.3 Å². The molecule has 0 aliphatic heterocycles. The average molecular weight is 259 g/mol. The highest BCUT2D eigenvalue weighted by Gasteiger charge is 2.17. The molecule has 0 radical (unpaired) electrons. The van der Waals surface area contributed by atoms with Crippen LogP contribution >= 0.6 is 0 Å². The van der Waals surface area contributed by atoms with E-state index in [2.05, 4.69) is 4.98 Å². The molecule has 2 N–H and O–H groups in total. The normalized spacial score (nSPS) is 10.7. The maximum atomic E-state index is 13.9. The van der Waals surface area contributed by atoms with Gasteiger partial charge in [-0.25, -0.2) is 9.37 Å². The number of nitrogens with zero attached hydrogens (tertiary/aromatic N) is 2. The van der Waals surface area contributed by atoms with E-state index >= 15 is 0 Å². The molecule has 3 nitrogen and oxygen atoms in total. The highest BCUT2D eigenvalue weighted by molar-refractivity contribution is 5.50. The predicted octanol–water partition coefficient (Wildman–Crippen LogP) is 3.22. The summed E-state index contributed by atoms with van der Waals surface area (Å²) < 4.78 is 13.9. The molecule has 2 aromatic rings. The van der Waals surface area contributed by atoms with E-state index < -0.39 is 0 Å². The molecule has 100 valence electrons. The average Bonchev–Trinajstić information content (AvgIpc) is 2.38. The van der Waals surface area contributed by atoms with Gasteiger partial charge in [0.2, 0.25) is 0 Å². The molecule has 1 heterocycles. The number of anilines is 2. The zero-order valence-electron chi connectivity index (χ0n) is 11.2. The van der Waals surface area contributed by atoms with Gasteiger partial charge in [-0.05, 0) is 37.6 Å². The second-order valence-electron chi connectivity index (χ2n) is 4.73. The summed E-state index contributed by atoms with van der Waals surface area (Å²) in [6.07, 6.45) is 1.60. The summed E-state index contributed by atoms with van der Waals surface area (Å²) >= 11 is 0. The molecule has 0 spiro atoms. The van der Waals surface area contributed by atoms with E-state index in [1.807, 2.05) is 43.0 Å². The largest absolute Gasteiger partial charge is 0.398 e. The van der Waals surface area contributed by atoms with Crippen molar-refractivity contribution < 1.29 is 4.39 Å². The van der Waals surface area contributed by atoms with E-state index in [4.69, 9.17) is 5.73 Å². The molecule has 0 unspecified atom stereocenters. The molecule has 0 saturated heterocycles. The molecular weight excluding hydrogens is 241 g/mol. The third-order valence-corrected chi connectivity index (χ3v) is 3.03. The SMILES string of the molecule is CC(C)N(Cc1ccccc1N)c1ncccc1F. The number of nitrogens with two attached hydrogens (primary N) is 1. The van der Waals surface area contributed by atoms with Crippen molar-refractivity contribution in [2.24, 2.45) is 0 Å². The summed E-state index contributed by atoms with van der Waals surface area (Å²) in [5, 5.41) is 0. The van der Waals surface area contributed by atoms with Crippen molar-refractivity contribution in [3.63, 3.8) is 0 Å². The van der Waals surface area contributed by atoms with Crippen molar-refractivity contribution in [1.82, 2.24) is 4.98 Å². The molecule has 1 aromatic carbocycles. The summed E-state index contributed by atoms with van der Waals surface area (Å²) in [5.74, 6) is 0.0476. The Morgan fingerprint density at radius 1 is 1.21 bits per heavy atom. The lowest BCUT2D eigenvalue weighted by molar-refractivity contribution is 0.588. The molecule has 0 fully saturated rings. The summed E-state index contributed by atoms with van der Waals surface area (Å²) in [5.41, 5.74) is 7.63. The number of nitrogen functional groups attached to an aromatic ring is 1. The summed E-state index contributed by atoms with van der Waals surface area (Å²) in [6.45, 7) is 4.55. The quantitative estimate of drug-likeness (QED) is 0.857. The molecule has 0 saturated carbocycles. The molecule has 4 heteroatoms. The fraction of sp³-hybridized carbons (Fsp3) is 0.267. The van der Waals surface area contributed by atoms with E-state index in [0.29, 0.717) is 18.1 Å². The molecule has 2 rings (SSSR count). The van der Waals surface area contributed by atoms with Crippen molar-refractivity contribution in [2.75, 3.05) is 10.6 Å². The van der Waals surface area contributed by atoms with Gasteiger partial charge in [0.05, 0.1) is 0 Å². The van der Waals surface area contributed by atoms with Crippen LogP contribution in [0.15, 0.2) is 42.6 Å². The Balaban J connectivity index is 2.33. The fourth-order valence-electron chi connectivity index (χ4n) is 1.95. The Morgan fingerprint density at radius 2 is 1.95 bits per heavy atom. The lowest BCUT2D eigenvalue weighted by Gasteiger charge is -2.28. The van der Waals surface area contributed by atoms with E-state index in [1.165, 1.54) is 6.07 Å². The molecule has 0 amide bonds. The van der Waals surface area contributed by atoms with Crippen molar-refractivity contribution in [2.45, 2.75) is 26.4 Å². The number of aromatic nitrogens is 1. The van der Waals surface area contributed by atoms with Gasteiger partial charge in [-0.15, -0.1) is 0 Å². The second kappa shape index (κ2) is 5.69. The first-order valence-electron chi connectivity index (χ1n) is 6.30. The summed E-state index contributed by atoms with van der Waals surface area (Å²) in [7, 11) is 0. The van der Waals surface area contributed by atoms with Crippen LogP contribution in [0, 0.1) is 5.82 Å². The maximum Gasteiger partial charge on any atom is 0.165 e. The van der Waals surface area contributed by atoms with Crippen LogP contribution in [0.3, 0.4) is 0 Å². The van der Waals surface area contributed by atoms with E-state index in [-0.39, 0.29) is 11.9 Å². The molecule has 0 aliphatic carbocycles. The van der Waals surface area contributed by atoms with Gasteiger partial charge in [0, 0.05) is 24.5 Å². The van der Waals surface area contributed by atoms with Gasteiger partial charge in [-0.1, -0.05) is 18.2 Å². The van der Waals surface area contributed by atoms with Gasteiger partial charge in [0.25, 0.3) is 0 Å². The Bertz CT molecular complexity index is 555. The van der Waals surface area contributed by atoms with E-state index in [9.17, 15) is 4.39 Å². The van der Waals surface area contributed by atoms with Crippen LogP contribution in [-0.2, 0) is 6.54 Å². The zero-order chi connectivity index (χ0) is 13.8. The van der Waals surface area contributed by atoms with Gasteiger partial charge in [-0.2, -0.15) is 0 Å². The maximum absolute atomic E-state index is 13.9. The number of para-hydroxylation sites is 1. The zero-order valence-corrected chi connectivity index (χ0v) is 11.2. The van der Waals surface area contributed by atoms with Crippen LogP contribution in [0.1, 0.15) is 19.4 Å². The lowest BCUT2D eigenvalue weighted by Crippen LogP contribution is -2.32. The molecule has 0 atom stereocenters. The third-order valence-electron chi connectivity index (χ3n) is 3.03. The second-order valence-corrected chi connectivity index (χ2v) is 4.73. The molecule has 0 bridgehead atoms. The van der Waals surface area contributed by atoms with Crippen molar-refractivity contribution >= 4 is 11.5 Å². The van der Waals surface area contributed by atoms with Gasteiger partial charge >= 0.3 is 0 Å². The molecule has 19 heavy (non-hydrogen) atoms. The van der Waals surface area contributed by atoms with Crippen molar-refractivity contribution in [3.8, 4) is 0 Å². The summed E-state index contributed by atoms with van der Waals surface area (Å²) in [6, 6.07) is 10.8. The Kier molecular flexibility index (Phi) is 4.00. The van der Waals surface area contributed by atoms with E-state index in [0.717, 1.165) is 5.56 Å². The van der Waals surface area contributed by atoms with Crippen LogP contribution in [0.5, 0.6) is 0 Å². The van der Waals surface area contributed by atoms with Gasteiger partial charge in [0.1, 0.15) is 0 Å². The highest BCUT2D eigenvalue weighted by Crippen LogP contribution is 2.22. The molecule has 1 aromatic heterocycles. The number of halogens is 1. The lowest BCUT2D eigenvalue weighted by atomic mass is 10.1. The highest BCUT2D eigenvalue weighted by atomic mass is 19.1. The van der Waals surface area contributed by atoms with Gasteiger partial charge < -0.3 is 10.6 Å². The minimum atomic E-state index is -0.314. The van der Waals surface area contributed by atoms with Crippen LogP contribution in [0.2, 0.25) is 0 Å².